The highest BCUT2D eigenvalue weighted by molar-refractivity contribution is 5.89. The number of hydrogen-bond acceptors (Lipinski definition) is 3. The molecular weight excluding hydrogens is 320 g/mol. The summed E-state index contributed by atoms with van der Waals surface area (Å²) in [5.74, 6) is 0. The Hall–Kier alpha value is -2.28. The fraction of sp³-hybridized carbons (Fsp3) is 0.556. The van der Waals surface area contributed by atoms with Crippen molar-refractivity contribution < 1.29 is 14.3 Å². The van der Waals surface area contributed by atoms with Gasteiger partial charge in [-0.05, 0) is 31.9 Å². The van der Waals surface area contributed by atoms with Gasteiger partial charge in [0, 0.05) is 37.9 Å². The molecule has 0 radical (unpaired) electrons. The number of nitrogens with zero attached hydrogens (tertiary/aromatic N) is 2. The summed E-state index contributed by atoms with van der Waals surface area (Å²) in [6, 6.07) is 7.78. The number of morpholine rings is 1. The first kappa shape index (κ1) is 17.5. The van der Waals surface area contributed by atoms with Gasteiger partial charge in [0.25, 0.3) is 0 Å². The summed E-state index contributed by atoms with van der Waals surface area (Å²) in [6.45, 7) is 5.79. The Kier molecular flexibility index (Phi) is 5.75. The van der Waals surface area contributed by atoms with Crippen molar-refractivity contribution in [1.29, 1.82) is 0 Å². The minimum atomic E-state index is -0.0817. The topological polar surface area (TPSA) is 73.9 Å². The number of urea groups is 2. The largest absolute Gasteiger partial charge is 0.378 e. The highest BCUT2D eigenvalue weighted by Crippen LogP contribution is 2.14. The van der Waals surface area contributed by atoms with Crippen LogP contribution in [0.1, 0.15) is 18.4 Å². The van der Waals surface area contributed by atoms with Crippen molar-refractivity contribution in [3.63, 3.8) is 0 Å². The summed E-state index contributed by atoms with van der Waals surface area (Å²) < 4.78 is 5.26. The van der Waals surface area contributed by atoms with E-state index in [2.05, 4.69) is 10.6 Å². The summed E-state index contributed by atoms with van der Waals surface area (Å²) in [5, 5.41) is 6.00. The van der Waals surface area contributed by atoms with Crippen molar-refractivity contribution in [2.75, 3.05) is 44.7 Å². The molecule has 3 rings (SSSR count). The number of hydrogen-bond donors (Lipinski definition) is 2. The Morgan fingerprint density at radius 1 is 0.960 bits per heavy atom. The van der Waals surface area contributed by atoms with Gasteiger partial charge in [-0.3, -0.25) is 0 Å². The fourth-order valence-corrected chi connectivity index (χ4v) is 3.10. The molecule has 0 atom stereocenters. The van der Waals surface area contributed by atoms with Gasteiger partial charge in [-0.25, -0.2) is 9.59 Å². The zero-order chi connectivity index (χ0) is 17.6. The molecule has 2 fully saturated rings. The van der Waals surface area contributed by atoms with E-state index in [-0.39, 0.29) is 18.1 Å². The molecule has 0 bridgehead atoms. The maximum atomic E-state index is 12.3. The molecular formula is C18H26N4O3. The Labute approximate surface area is 148 Å². The van der Waals surface area contributed by atoms with E-state index >= 15 is 0 Å². The summed E-state index contributed by atoms with van der Waals surface area (Å²) in [4.78, 5) is 28.1. The van der Waals surface area contributed by atoms with Crippen LogP contribution in [-0.2, 0) is 4.74 Å². The van der Waals surface area contributed by atoms with Gasteiger partial charge in [0.15, 0.2) is 0 Å². The van der Waals surface area contributed by atoms with Crippen molar-refractivity contribution in [2.24, 2.45) is 0 Å². The van der Waals surface area contributed by atoms with E-state index in [4.69, 9.17) is 4.74 Å². The molecule has 1 aromatic rings. The Balaban J connectivity index is 1.42. The van der Waals surface area contributed by atoms with E-state index in [1.165, 1.54) is 0 Å². The van der Waals surface area contributed by atoms with Crippen LogP contribution in [0.4, 0.5) is 15.3 Å². The quantitative estimate of drug-likeness (QED) is 0.860. The van der Waals surface area contributed by atoms with Crippen LogP contribution < -0.4 is 10.6 Å². The van der Waals surface area contributed by atoms with Crippen LogP contribution in [0.5, 0.6) is 0 Å². The molecule has 0 unspecified atom stereocenters. The average Bonchev–Trinajstić information content (AvgIpc) is 2.65. The van der Waals surface area contributed by atoms with Crippen molar-refractivity contribution in [3.05, 3.63) is 29.8 Å². The average molecular weight is 346 g/mol. The molecule has 0 aliphatic carbocycles. The van der Waals surface area contributed by atoms with E-state index in [0.717, 1.165) is 24.1 Å². The molecule has 2 N–H and O–H groups in total. The van der Waals surface area contributed by atoms with Gasteiger partial charge in [-0.1, -0.05) is 17.7 Å². The highest BCUT2D eigenvalue weighted by atomic mass is 16.5. The second-order valence-corrected chi connectivity index (χ2v) is 6.61. The summed E-state index contributed by atoms with van der Waals surface area (Å²) in [5.41, 5.74) is 1.97. The number of carbonyl (C=O) groups excluding carboxylic acids is 2. The van der Waals surface area contributed by atoms with E-state index in [0.29, 0.717) is 39.4 Å². The summed E-state index contributed by atoms with van der Waals surface area (Å²) in [6.07, 6.45) is 1.55. The van der Waals surface area contributed by atoms with Gasteiger partial charge in [-0.15, -0.1) is 0 Å². The van der Waals surface area contributed by atoms with Crippen LogP contribution >= 0.6 is 0 Å². The number of likely N-dealkylation sites (tertiary alicyclic amines) is 1. The SMILES string of the molecule is Cc1ccc(NC(=O)N2CCC(NC(=O)N3CCOCC3)CC2)cc1. The minimum Gasteiger partial charge on any atom is -0.378 e. The van der Waals surface area contributed by atoms with Crippen LogP contribution in [0.2, 0.25) is 0 Å². The number of piperidine rings is 1. The highest BCUT2D eigenvalue weighted by Gasteiger charge is 2.26. The second-order valence-electron chi connectivity index (χ2n) is 6.61. The molecule has 0 spiro atoms. The van der Waals surface area contributed by atoms with Crippen molar-refractivity contribution in [3.8, 4) is 0 Å². The molecule has 2 aliphatic heterocycles. The van der Waals surface area contributed by atoms with E-state index in [1.807, 2.05) is 31.2 Å². The lowest BCUT2D eigenvalue weighted by atomic mass is 10.1. The maximum absolute atomic E-state index is 12.3. The number of anilines is 1. The lowest BCUT2D eigenvalue weighted by Gasteiger charge is -2.34. The molecule has 7 heteroatoms. The monoisotopic (exact) mass is 346 g/mol. The zero-order valence-electron chi connectivity index (χ0n) is 14.7. The summed E-state index contributed by atoms with van der Waals surface area (Å²) in [7, 11) is 0. The van der Waals surface area contributed by atoms with Gasteiger partial charge >= 0.3 is 12.1 Å². The third-order valence-electron chi connectivity index (χ3n) is 4.71. The number of aryl methyl sites for hydroxylation is 1. The number of ether oxygens (including phenoxy) is 1. The Morgan fingerprint density at radius 2 is 1.56 bits per heavy atom. The molecule has 136 valence electrons. The number of benzene rings is 1. The van der Waals surface area contributed by atoms with Crippen molar-refractivity contribution in [1.82, 2.24) is 15.1 Å². The van der Waals surface area contributed by atoms with Crippen molar-refractivity contribution >= 4 is 17.7 Å². The molecule has 4 amide bonds. The molecule has 1 aromatic carbocycles. The van der Waals surface area contributed by atoms with Gasteiger partial charge in [-0.2, -0.15) is 0 Å². The first-order chi connectivity index (χ1) is 12.1. The minimum absolute atomic E-state index is 0.0224. The third kappa shape index (κ3) is 4.85. The third-order valence-corrected chi connectivity index (χ3v) is 4.71. The van der Waals surface area contributed by atoms with Crippen LogP contribution in [-0.4, -0.2) is 67.3 Å². The smallest absolute Gasteiger partial charge is 0.321 e. The molecule has 2 aliphatic rings. The Bertz CT molecular complexity index is 591. The zero-order valence-corrected chi connectivity index (χ0v) is 14.7. The van der Waals surface area contributed by atoms with Gasteiger partial charge in [0.05, 0.1) is 13.2 Å². The first-order valence-corrected chi connectivity index (χ1v) is 8.87. The van der Waals surface area contributed by atoms with Gasteiger partial charge in [0.1, 0.15) is 0 Å². The standard InChI is InChI=1S/C18H26N4O3/c1-14-2-4-15(5-3-14)19-17(23)21-8-6-16(7-9-21)20-18(24)22-10-12-25-13-11-22/h2-5,16H,6-13H2,1H3,(H,19,23)(H,20,24). The fourth-order valence-electron chi connectivity index (χ4n) is 3.10. The predicted molar refractivity (Wildman–Crippen MR) is 95.7 cm³/mol. The van der Waals surface area contributed by atoms with Gasteiger partial charge in [0.2, 0.25) is 0 Å². The molecule has 7 nitrogen and oxygen atoms in total. The number of rotatable bonds is 2. The molecule has 2 heterocycles. The van der Waals surface area contributed by atoms with Crippen LogP contribution in [0, 0.1) is 6.92 Å². The molecule has 25 heavy (non-hydrogen) atoms. The van der Waals surface area contributed by atoms with E-state index in [9.17, 15) is 9.59 Å². The Morgan fingerprint density at radius 3 is 2.20 bits per heavy atom. The normalized spacial score (nSPS) is 18.8. The van der Waals surface area contributed by atoms with Crippen LogP contribution in [0.15, 0.2) is 24.3 Å². The number of amides is 4. The van der Waals surface area contributed by atoms with Gasteiger partial charge < -0.3 is 25.2 Å². The first-order valence-electron chi connectivity index (χ1n) is 8.87. The maximum Gasteiger partial charge on any atom is 0.321 e. The lowest BCUT2D eigenvalue weighted by molar-refractivity contribution is 0.0519. The van der Waals surface area contributed by atoms with E-state index in [1.54, 1.807) is 9.80 Å². The summed E-state index contributed by atoms with van der Waals surface area (Å²) >= 11 is 0. The second kappa shape index (κ2) is 8.20. The molecule has 0 aromatic heterocycles. The predicted octanol–water partition coefficient (Wildman–Crippen LogP) is 2.03. The number of nitrogens with one attached hydrogen (secondary N) is 2. The van der Waals surface area contributed by atoms with Crippen molar-refractivity contribution in [2.45, 2.75) is 25.8 Å². The lowest BCUT2D eigenvalue weighted by Crippen LogP contribution is -2.52. The van der Waals surface area contributed by atoms with Crippen LogP contribution in [0.3, 0.4) is 0 Å². The molecule has 2 saturated heterocycles. The van der Waals surface area contributed by atoms with Crippen LogP contribution in [0.25, 0.3) is 0 Å². The molecule has 0 saturated carbocycles. The number of carbonyl (C=O) groups is 2. The van der Waals surface area contributed by atoms with E-state index < -0.39 is 0 Å².